The zero-order valence-electron chi connectivity index (χ0n) is 11.8. The smallest absolute Gasteiger partial charge is 0.283 e. The third-order valence-electron chi connectivity index (χ3n) is 2.56. The molecular formula is C12H21BrN4OS. The first-order valence-electron chi connectivity index (χ1n) is 6.11. The third-order valence-corrected chi connectivity index (χ3v) is 4.16. The van der Waals surface area contributed by atoms with Gasteiger partial charge in [0.1, 0.15) is 4.47 Å². The van der Waals surface area contributed by atoms with E-state index in [9.17, 15) is 4.79 Å². The normalized spacial score (nSPS) is 12.7. The van der Waals surface area contributed by atoms with E-state index in [1.54, 1.807) is 18.0 Å². The molecule has 0 bridgehead atoms. The largest absolute Gasteiger partial charge is 0.379 e. The molecule has 0 aliphatic rings. The van der Waals surface area contributed by atoms with Crippen molar-refractivity contribution in [2.45, 2.75) is 19.5 Å². The predicted molar refractivity (Wildman–Crippen MR) is 86.2 cm³/mol. The molecule has 108 valence electrons. The van der Waals surface area contributed by atoms with Crippen LogP contribution in [0.4, 0.5) is 5.69 Å². The van der Waals surface area contributed by atoms with Crippen LogP contribution in [0.25, 0.3) is 0 Å². The number of hydrogen-bond acceptors (Lipinski definition) is 5. The van der Waals surface area contributed by atoms with Gasteiger partial charge in [0, 0.05) is 18.3 Å². The lowest BCUT2D eigenvalue weighted by atomic mass is 10.3. The fraction of sp³-hybridized carbons (Fsp3) is 0.667. The van der Waals surface area contributed by atoms with Crippen LogP contribution >= 0.6 is 27.7 Å². The maximum absolute atomic E-state index is 12.1. The Hall–Kier alpha value is -0.530. The van der Waals surface area contributed by atoms with Crippen LogP contribution in [-0.4, -0.2) is 53.4 Å². The zero-order valence-corrected chi connectivity index (χ0v) is 14.2. The van der Waals surface area contributed by atoms with Gasteiger partial charge in [0.25, 0.3) is 5.56 Å². The van der Waals surface area contributed by atoms with Gasteiger partial charge in [0.05, 0.1) is 18.4 Å². The average Bonchev–Trinajstić information content (AvgIpc) is 2.34. The topological polar surface area (TPSA) is 50.2 Å². The molecule has 1 aromatic heterocycles. The molecule has 0 saturated heterocycles. The van der Waals surface area contributed by atoms with Gasteiger partial charge in [-0.3, -0.25) is 4.79 Å². The van der Waals surface area contributed by atoms with Gasteiger partial charge < -0.3 is 10.2 Å². The quantitative estimate of drug-likeness (QED) is 0.813. The van der Waals surface area contributed by atoms with E-state index in [-0.39, 0.29) is 5.56 Å². The van der Waals surface area contributed by atoms with Crippen molar-refractivity contribution in [3.8, 4) is 0 Å². The zero-order chi connectivity index (χ0) is 14.4. The maximum atomic E-state index is 12.1. The summed E-state index contributed by atoms with van der Waals surface area (Å²) in [5.41, 5.74) is 0.663. The number of halogens is 1. The Morgan fingerprint density at radius 1 is 1.58 bits per heavy atom. The summed E-state index contributed by atoms with van der Waals surface area (Å²) in [6.45, 7) is 3.46. The SMILES string of the molecule is CSCC(C)Nc1cnn(CCN(C)C)c(=O)c1Br. The van der Waals surface area contributed by atoms with E-state index < -0.39 is 0 Å². The van der Waals surface area contributed by atoms with E-state index in [0.29, 0.717) is 17.1 Å². The van der Waals surface area contributed by atoms with E-state index in [1.807, 2.05) is 19.0 Å². The number of rotatable bonds is 7. The Labute approximate surface area is 126 Å². The molecule has 1 rings (SSSR count). The lowest BCUT2D eigenvalue weighted by Crippen LogP contribution is -2.30. The lowest BCUT2D eigenvalue weighted by Gasteiger charge is -2.16. The highest BCUT2D eigenvalue weighted by molar-refractivity contribution is 9.10. The summed E-state index contributed by atoms with van der Waals surface area (Å²) in [5.74, 6) is 0.982. The molecule has 0 spiro atoms. The Morgan fingerprint density at radius 2 is 2.26 bits per heavy atom. The minimum absolute atomic E-state index is 0.0943. The van der Waals surface area contributed by atoms with Crippen LogP contribution in [0.3, 0.4) is 0 Å². The summed E-state index contributed by atoms with van der Waals surface area (Å²) in [6, 6.07) is 0.296. The van der Waals surface area contributed by atoms with Crippen molar-refractivity contribution < 1.29 is 0 Å². The highest BCUT2D eigenvalue weighted by atomic mass is 79.9. The second-order valence-corrected chi connectivity index (χ2v) is 6.41. The standard InChI is InChI=1S/C12H21BrN4OS/c1-9(8-19-4)15-10-7-14-17(6-5-16(2)3)12(18)11(10)13/h7,9,15H,5-6,8H2,1-4H3. The van der Waals surface area contributed by atoms with Crippen LogP contribution in [0.15, 0.2) is 15.5 Å². The van der Waals surface area contributed by atoms with E-state index >= 15 is 0 Å². The van der Waals surface area contributed by atoms with E-state index in [4.69, 9.17) is 0 Å². The lowest BCUT2D eigenvalue weighted by molar-refractivity contribution is 0.367. The fourth-order valence-electron chi connectivity index (χ4n) is 1.58. The van der Waals surface area contributed by atoms with Crippen molar-refractivity contribution in [2.24, 2.45) is 0 Å². The number of nitrogens with one attached hydrogen (secondary N) is 1. The molecule has 7 heteroatoms. The van der Waals surface area contributed by atoms with Crippen LogP contribution in [0, 0.1) is 0 Å². The first-order valence-corrected chi connectivity index (χ1v) is 8.30. The Balaban J connectivity index is 2.82. The molecule has 0 saturated carbocycles. The number of aromatic nitrogens is 2. The van der Waals surface area contributed by atoms with Crippen LogP contribution in [0.2, 0.25) is 0 Å². The summed E-state index contributed by atoms with van der Waals surface area (Å²) in [7, 11) is 3.94. The molecule has 0 aromatic carbocycles. The van der Waals surface area contributed by atoms with Crippen molar-refractivity contribution in [3.05, 3.63) is 21.0 Å². The van der Waals surface area contributed by atoms with Crippen molar-refractivity contribution in [1.29, 1.82) is 0 Å². The highest BCUT2D eigenvalue weighted by Gasteiger charge is 2.10. The molecule has 0 fully saturated rings. The summed E-state index contributed by atoms with van der Waals surface area (Å²) < 4.78 is 2.03. The first-order chi connectivity index (χ1) is 8.95. The van der Waals surface area contributed by atoms with Gasteiger partial charge in [0.15, 0.2) is 0 Å². The van der Waals surface area contributed by atoms with Gasteiger partial charge in [0.2, 0.25) is 0 Å². The van der Waals surface area contributed by atoms with Gasteiger partial charge in [-0.1, -0.05) is 0 Å². The Morgan fingerprint density at radius 3 is 2.84 bits per heavy atom. The average molecular weight is 349 g/mol. The number of nitrogens with zero attached hydrogens (tertiary/aromatic N) is 3. The molecule has 5 nitrogen and oxygen atoms in total. The molecule has 19 heavy (non-hydrogen) atoms. The van der Waals surface area contributed by atoms with E-state index in [0.717, 1.165) is 18.0 Å². The highest BCUT2D eigenvalue weighted by Crippen LogP contribution is 2.17. The van der Waals surface area contributed by atoms with Crippen LogP contribution in [0.1, 0.15) is 6.92 Å². The van der Waals surface area contributed by atoms with Gasteiger partial charge in [-0.2, -0.15) is 16.9 Å². The van der Waals surface area contributed by atoms with E-state index in [2.05, 4.69) is 39.5 Å². The van der Waals surface area contributed by atoms with E-state index in [1.165, 1.54) is 4.68 Å². The summed E-state index contributed by atoms with van der Waals surface area (Å²) in [4.78, 5) is 14.2. The molecule has 0 amide bonds. The van der Waals surface area contributed by atoms with Crippen LogP contribution in [0.5, 0.6) is 0 Å². The molecule has 1 unspecified atom stereocenters. The molecule has 1 N–H and O–H groups in total. The number of thioether (sulfide) groups is 1. The summed E-state index contributed by atoms with van der Waals surface area (Å²) in [6.07, 6.45) is 3.77. The Bertz CT molecular complexity index is 464. The van der Waals surface area contributed by atoms with Crippen molar-refractivity contribution in [2.75, 3.05) is 38.0 Å². The molecular weight excluding hydrogens is 328 g/mol. The Kier molecular flexibility index (Phi) is 6.88. The number of likely N-dealkylation sites (N-methyl/N-ethyl adjacent to an activating group) is 1. The van der Waals surface area contributed by atoms with Gasteiger partial charge in [-0.05, 0) is 43.2 Å². The third kappa shape index (κ3) is 5.16. The van der Waals surface area contributed by atoms with Crippen molar-refractivity contribution in [3.63, 3.8) is 0 Å². The van der Waals surface area contributed by atoms with Crippen LogP contribution in [-0.2, 0) is 6.54 Å². The number of anilines is 1. The monoisotopic (exact) mass is 348 g/mol. The second kappa shape index (κ2) is 7.91. The van der Waals surface area contributed by atoms with Gasteiger partial charge in [-0.25, -0.2) is 4.68 Å². The van der Waals surface area contributed by atoms with Gasteiger partial charge >= 0.3 is 0 Å². The minimum atomic E-state index is -0.0943. The summed E-state index contributed by atoms with van der Waals surface area (Å²) in [5, 5.41) is 7.49. The maximum Gasteiger partial charge on any atom is 0.283 e. The van der Waals surface area contributed by atoms with Gasteiger partial charge in [-0.15, -0.1) is 0 Å². The first kappa shape index (κ1) is 16.5. The molecule has 1 heterocycles. The molecule has 1 aromatic rings. The fourth-order valence-corrected chi connectivity index (χ4v) is 2.58. The molecule has 0 aliphatic heterocycles. The number of hydrogen-bond donors (Lipinski definition) is 1. The van der Waals surface area contributed by atoms with Crippen LogP contribution < -0.4 is 10.9 Å². The second-order valence-electron chi connectivity index (χ2n) is 4.70. The predicted octanol–water partition coefficient (Wildman–Crippen LogP) is 1.73. The molecule has 0 radical (unpaired) electrons. The van der Waals surface area contributed by atoms with Crippen molar-refractivity contribution in [1.82, 2.24) is 14.7 Å². The van der Waals surface area contributed by atoms with Crippen molar-refractivity contribution >= 4 is 33.4 Å². The minimum Gasteiger partial charge on any atom is -0.379 e. The summed E-state index contributed by atoms with van der Waals surface area (Å²) >= 11 is 5.13. The molecule has 0 aliphatic carbocycles. The molecule has 1 atom stereocenters.